The van der Waals surface area contributed by atoms with Gasteiger partial charge in [-0.05, 0) is 47.9 Å². The van der Waals surface area contributed by atoms with Gasteiger partial charge in [-0.15, -0.1) is 0 Å². The molecule has 1 aliphatic rings. The quantitative estimate of drug-likeness (QED) is 0.563. The Morgan fingerprint density at radius 1 is 1.13 bits per heavy atom. The van der Waals surface area contributed by atoms with Gasteiger partial charge in [0.2, 0.25) is 0 Å². The predicted octanol–water partition coefficient (Wildman–Crippen LogP) is 3.95. The Kier molecular flexibility index (Phi) is 5.18. The van der Waals surface area contributed by atoms with Crippen LogP contribution in [0.15, 0.2) is 40.9 Å². The van der Waals surface area contributed by atoms with Crippen molar-refractivity contribution < 1.29 is 19.0 Å². The van der Waals surface area contributed by atoms with Crippen LogP contribution in [0.3, 0.4) is 0 Å². The summed E-state index contributed by atoms with van der Waals surface area (Å²) in [5.41, 5.74) is 0. The minimum Gasteiger partial charge on any atom is -0.491 e. The van der Waals surface area contributed by atoms with E-state index in [0.717, 1.165) is 28.5 Å². The van der Waals surface area contributed by atoms with E-state index < -0.39 is 0 Å². The molecule has 0 aliphatic heterocycles. The molecule has 0 bridgehead atoms. The van der Waals surface area contributed by atoms with Gasteiger partial charge in [0.05, 0.1) is 25.7 Å². The van der Waals surface area contributed by atoms with E-state index in [-0.39, 0.29) is 18.0 Å². The van der Waals surface area contributed by atoms with Crippen molar-refractivity contribution in [2.24, 2.45) is 5.92 Å². The first-order valence-electron chi connectivity index (χ1n) is 7.67. The topological polar surface area (TPSA) is 44.8 Å². The summed E-state index contributed by atoms with van der Waals surface area (Å²) >= 11 is 3.47. The third kappa shape index (κ3) is 4.03. The molecule has 1 fully saturated rings. The summed E-state index contributed by atoms with van der Waals surface area (Å²) < 4.78 is 17.2. The molecule has 0 heterocycles. The molecule has 1 saturated carbocycles. The average molecular weight is 379 g/mol. The van der Waals surface area contributed by atoms with Gasteiger partial charge in [0.25, 0.3) is 0 Å². The lowest BCUT2D eigenvalue weighted by Gasteiger charge is -2.32. The fourth-order valence-corrected chi connectivity index (χ4v) is 3.10. The van der Waals surface area contributed by atoms with E-state index in [1.54, 1.807) is 0 Å². The van der Waals surface area contributed by atoms with E-state index in [1.807, 2.05) is 24.3 Å². The number of ether oxygens (including phenoxy) is 3. The highest BCUT2D eigenvalue weighted by atomic mass is 79.9. The highest BCUT2D eigenvalue weighted by molar-refractivity contribution is 9.10. The van der Waals surface area contributed by atoms with Crippen molar-refractivity contribution in [1.82, 2.24) is 0 Å². The first-order chi connectivity index (χ1) is 11.2. The molecule has 122 valence electrons. The molecule has 0 N–H and O–H groups in total. The fourth-order valence-electron chi connectivity index (χ4n) is 2.72. The maximum atomic E-state index is 11.3. The van der Waals surface area contributed by atoms with Crippen LogP contribution in [-0.4, -0.2) is 32.4 Å². The van der Waals surface area contributed by atoms with Gasteiger partial charge in [0, 0.05) is 4.47 Å². The smallest absolute Gasteiger partial charge is 0.308 e. The molecule has 0 aromatic heterocycles. The number of fused-ring (bicyclic) bond motifs is 1. The van der Waals surface area contributed by atoms with E-state index >= 15 is 0 Å². The lowest BCUT2D eigenvalue weighted by molar-refractivity contribution is -0.155. The zero-order chi connectivity index (χ0) is 16.2. The number of rotatable bonds is 6. The molecule has 0 saturated heterocycles. The van der Waals surface area contributed by atoms with Crippen molar-refractivity contribution in [1.29, 1.82) is 0 Å². The number of halogens is 1. The normalized spacial score (nSPS) is 20.1. The second-order valence-corrected chi connectivity index (χ2v) is 6.60. The molecular weight excluding hydrogens is 360 g/mol. The molecule has 0 radical (unpaired) electrons. The van der Waals surface area contributed by atoms with Crippen molar-refractivity contribution in [2.45, 2.75) is 18.9 Å². The summed E-state index contributed by atoms with van der Waals surface area (Å²) in [6.45, 7) is 1.03. The van der Waals surface area contributed by atoms with Gasteiger partial charge in [-0.25, -0.2) is 0 Å². The Morgan fingerprint density at radius 3 is 2.65 bits per heavy atom. The van der Waals surface area contributed by atoms with Crippen LogP contribution in [0, 0.1) is 5.92 Å². The zero-order valence-electron chi connectivity index (χ0n) is 13.0. The van der Waals surface area contributed by atoms with E-state index in [4.69, 9.17) is 14.2 Å². The third-order valence-electron chi connectivity index (χ3n) is 4.11. The van der Waals surface area contributed by atoms with E-state index in [0.29, 0.717) is 13.2 Å². The third-order valence-corrected chi connectivity index (χ3v) is 4.60. The summed E-state index contributed by atoms with van der Waals surface area (Å²) in [7, 11) is 1.42. The summed E-state index contributed by atoms with van der Waals surface area (Å²) in [4.78, 5) is 11.3. The van der Waals surface area contributed by atoms with Gasteiger partial charge in [0.15, 0.2) is 0 Å². The Hall–Kier alpha value is -1.59. The molecule has 0 unspecified atom stereocenters. The van der Waals surface area contributed by atoms with Gasteiger partial charge in [-0.3, -0.25) is 4.79 Å². The minimum atomic E-state index is -0.135. The van der Waals surface area contributed by atoms with E-state index in [2.05, 4.69) is 28.1 Å². The molecule has 0 atom stereocenters. The van der Waals surface area contributed by atoms with Crippen molar-refractivity contribution >= 4 is 32.7 Å². The van der Waals surface area contributed by atoms with Gasteiger partial charge < -0.3 is 14.2 Å². The Balaban J connectivity index is 1.41. The van der Waals surface area contributed by atoms with Crippen molar-refractivity contribution in [3.8, 4) is 5.75 Å². The maximum Gasteiger partial charge on any atom is 0.308 e. The standard InChI is InChI=1S/C18H19BrO4/c1-21-18(20)14-10-17(11-14)23-7-6-22-16-5-3-12-8-15(19)4-2-13(12)9-16/h2-5,8-9,14,17H,6-7,10-11H2,1H3. The summed E-state index contributed by atoms with van der Waals surface area (Å²) in [5.74, 6) is 0.707. The molecule has 5 heteroatoms. The summed E-state index contributed by atoms with van der Waals surface area (Å²) in [6, 6.07) is 12.2. The van der Waals surface area contributed by atoms with E-state index in [9.17, 15) is 4.79 Å². The zero-order valence-corrected chi connectivity index (χ0v) is 14.5. The SMILES string of the molecule is COC(=O)C1CC(OCCOc2ccc3cc(Br)ccc3c2)C1. The van der Waals surface area contributed by atoms with Gasteiger partial charge in [0.1, 0.15) is 12.4 Å². The molecule has 0 spiro atoms. The molecule has 4 nitrogen and oxygen atoms in total. The highest BCUT2D eigenvalue weighted by Gasteiger charge is 2.35. The van der Waals surface area contributed by atoms with Crippen LogP contribution in [0.2, 0.25) is 0 Å². The minimum absolute atomic E-state index is 0.00531. The predicted molar refractivity (Wildman–Crippen MR) is 91.6 cm³/mol. The Labute approximate surface area is 143 Å². The van der Waals surface area contributed by atoms with Crippen LogP contribution >= 0.6 is 15.9 Å². The van der Waals surface area contributed by atoms with Crippen molar-refractivity contribution in [3.63, 3.8) is 0 Å². The summed E-state index contributed by atoms with van der Waals surface area (Å²) in [5, 5.41) is 2.32. The maximum absolute atomic E-state index is 11.3. The molecule has 2 aromatic carbocycles. The molecule has 1 aliphatic carbocycles. The van der Waals surface area contributed by atoms with Crippen LogP contribution in [0.1, 0.15) is 12.8 Å². The summed E-state index contributed by atoms with van der Waals surface area (Å²) in [6.07, 6.45) is 1.64. The molecule has 3 rings (SSSR count). The largest absolute Gasteiger partial charge is 0.491 e. The Bertz CT molecular complexity index is 694. The van der Waals surface area contributed by atoms with Crippen LogP contribution in [0.5, 0.6) is 5.75 Å². The van der Waals surface area contributed by atoms with Crippen LogP contribution in [0.4, 0.5) is 0 Å². The second-order valence-electron chi connectivity index (χ2n) is 5.69. The van der Waals surface area contributed by atoms with Crippen LogP contribution < -0.4 is 4.74 Å². The Morgan fingerprint density at radius 2 is 1.87 bits per heavy atom. The fraction of sp³-hybridized carbons (Fsp3) is 0.389. The van der Waals surface area contributed by atoms with Gasteiger partial charge in [-0.1, -0.05) is 28.1 Å². The van der Waals surface area contributed by atoms with Crippen molar-refractivity contribution in [3.05, 3.63) is 40.9 Å². The first kappa shape index (κ1) is 16.3. The first-order valence-corrected chi connectivity index (χ1v) is 8.46. The lowest BCUT2D eigenvalue weighted by Crippen LogP contribution is -2.37. The molecule has 2 aromatic rings. The number of hydrogen-bond donors (Lipinski definition) is 0. The lowest BCUT2D eigenvalue weighted by atomic mass is 9.82. The number of carbonyl (C=O) groups is 1. The van der Waals surface area contributed by atoms with Crippen LogP contribution in [-0.2, 0) is 14.3 Å². The molecule has 0 amide bonds. The average Bonchev–Trinajstić information content (AvgIpc) is 2.52. The number of methoxy groups -OCH3 is 1. The number of carbonyl (C=O) groups excluding carboxylic acids is 1. The van der Waals surface area contributed by atoms with E-state index in [1.165, 1.54) is 12.5 Å². The molecular formula is C18H19BrO4. The van der Waals surface area contributed by atoms with Gasteiger partial charge >= 0.3 is 5.97 Å². The second kappa shape index (κ2) is 7.32. The number of benzene rings is 2. The van der Waals surface area contributed by atoms with Gasteiger partial charge in [-0.2, -0.15) is 0 Å². The number of hydrogen-bond acceptors (Lipinski definition) is 4. The van der Waals surface area contributed by atoms with Crippen molar-refractivity contribution in [2.75, 3.05) is 20.3 Å². The van der Waals surface area contributed by atoms with Crippen LogP contribution in [0.25, 0.3) is 10.8 Å². The molecule has 23 heavy (non-hydrogen) atoms. The number of esters is 1. The monoisotopic (exact) mass is 378 g/mol. The highest BCUT2D eigenvalue weighted by Crippen LogP contribution is 2.31.